The van der Waals surface area contributed by atoms with Gasteiger partial charge in [-0.05, 0) is 51.1 Å². The maximum atomic E-state index is 11.8. The van der Waals surface area contributed by atoms with E-state index in [4.69, 9.17) is 0 Å². The molecule has 1 aliphatic heterocycles. The fourth-order valence-corrected chi connectivity index (χ4v) is 2.61. The van der Waals surface area contributed by atoms with E-state index in [1.807, 2.05) is 0 Å². The molecule has 0 spiro atoms. The third-order valence-corrected chi connectivity index (χ3v) is 3.66. The molecule has 2 aliphatic rings. The van der Waals surface area contributed by atoms with Crippen LogP contribution in [0.1, 0.15) is 45.4 Å². The van der Waals surface area contributed by atoms with Crippen molar-refractivity contribution in [2.24, 2.45) is 11.8 Å². The zero-order valence-electron chi connectivity index (χ0n) is 10.3. The highest BCUT2D eigenvalue weighted by molar-refractivity contribution is 5.76. The molecule has 16 heavy (non-hydrogen) atoms. The van der Waals surface area contributed by atoms with E-state index in [9.17, 15) is 4.79 Å². The summed E-state index contributed by atoms with van der Waals surface area (Å²) in [5.41, 5.74) is 0. The van der Waals surface area contributed by atoms with Crippen LogP contribution in [0.25, 0.3) is 0 Å². The molecule has 2 N–H and O–H groups in total. The molecule has 0 aromatic carbocycles. The van der Waals surface area contributed by atoms with Gasteiger partial charge < -0.3 is 10.6 Å². The van der Waals surface area contributed by atoms with Gasteiger partial charge in [0, 0.05) is 12.5 Å². The van der Waals surface area contributed by atoms with Gasteiger partial charge in [-0.1, -0.05) is 12.8 Å². The molecule has 0 radical (unpaired) electrons. The Morgan fingerprint density at radius 1 is 1.38 bits per heavy atom. The first-order valence-corrected chi connectivity index (χ1v) is 6.74. The standard InChI is InChI=1S/C13H24N2O/c1-10(7-11-4-5-11)15-13(16)8-12-3-2-6-14-9-12/h10-12,14H,2-9H2,1H3,(H,15,16). The van der Waals surface area contributed by atoms with E-state index in [2.05, 4.69) is 17.6 Å². The van der Waals surface area contributed by atoms with Gasteiger partial charge in [-0.2, -0.15) is 0 Å². The van der Waals surface area contributed by atoms with Crippen LogP contribution in [-0.4, -0.2) is 25.0 Å². The normalized spacial score (nSPS) is 27.4. The highest BCUT2D eigenvalue weighted by Gasteiger charge is 2.24. The van der Waals surface area contributed by atoms with Gasteiger partial charge in [0.2, 0.25) is 5.91 Å². The van der Waals surface area contributed by atoms with Crippen molar-refractivity contribution in [3.05, 3.63) is 0 Å². The first-order chi connectivity index (χ1) is 7.74. The third-order valence-electron chi connectivity index (χ3n) is 3.66. The fourth-order valence-electron chi connectivity index (χ4n) is 2.61. The molecule has 2 fully saturated rings. The molecular formula is C13H24N2O. The number of hydrogen-bond donors (Lipinski definition) is 2. The summed E-state index contributed by atoms with van der Waals surface area (Å²) in [6, 6.07) is 0.372. The van der Waals surface area contributed by atoms with Crippen molar-refractivity contribution < 1.29 is 4.79 Å². The summed E-state index contributed by atoms with van der Waals surface area (Å²) in [5.74, 6) is 1.70. The van der Waals surface area contributed by atoms with E-state index >= 15 is 0 Å². The molecule has 1 amide bonds. The molecular weight excluding hydrogens is 200 g/mol. The molecule has 1 heterocycles. The summed E-state index contributed by atoms with van der Waals surface area (Å²) in [6.45, 7) is 4.27. The Hall–Kier alpha value is -0.570. The zero-order chi connectivity index (χ0) is 11.4. The molecule has 2 unspecified atom stereocenters. The number of carbonyl (C=O) groups excluding carboxylic acids is 1. The van der Waals surface area contributed by atoms with Crippen molar-refractivity contribution >= 4 is 5.91 Å². The molecule has 3 heteroatoms. The Morgan fingerprint density at radius 2 is 2.19 bits per heavy atom. The Kier molecular flexibility index (Phi) is 4.22. The van der Waals surface area contributed by atoms with Crippen molar-refractivity contribution in [2.75, 3.05) is 13.1 Å². The van der Waals surface area contributed by atoms with Gasteiger partial charge >= 0.3 is 0 Å². The highest BCUT2D eigenvalue weighted by atomic mass is 16.1. The second-order valence-electron chi connectivity index (χ2n) is 5.56. The van der Waals surface area contributed by atoms with E-state index < -0.39 is 0 Å². The fraction of sp³-hybridized carbons (Fsp3) is 0.923. The summed E-state index contributed by atoms with van der Waals surface area (Å²) in [5, 5.41) is 6.49. The lowest BCUT2D eigenvalue weighted by atomic mass is 9.96. The van der Waals surface area contributed by atoms with E-state index in [1.54, 1.807) is 0 Å². The average Bonchev–Trinajstić information content (AvgIpc) is 3.02. The summed E-state index contributed by atoms with van der Waals surface area (Å²) < 4.78 is 0. The topological polar surface area (TPSA) is 41.1 Å². The van der Waals surface area contributed by atoms with E-state index in [1.165, 1.54) is 32.1 Å². The van der Waals surface area contributed by atoms with E-state index in [0.29, 0.717) is 18.4 Å². The number of piperidine rings is 1. The molecule has 1 saturated heterocycles. The number of hydrogen-bond acceptors (Lipinski definition) is 2. The monoisotopic (exact) mass is 224 g/mol. The van der Waals surface area contributed by atoms with Gasteiger partial charge in [0.05, 0.1) is 0 Å². The predicted molar refractivity (Wildman–Crippen MR) is 65.2 cm³/mol. The van der Waals surface area contributed by atoms with Crippen LogP contribution in [0.5, 0.6) is 0 Å². The van der Waals surface area contributed by atoms with Gasteiger partial charge in [0.15, 0.2) is 0 Å². The number of amides is 1. The lowest BCUT2D eigenvalue weighted by Crippen LogP contribution is -2.37. The second-order valence-corrected chi connectivity index (χ2v) is 5.56. The maximum Gasteiger partial charge on any atom is 0.220 e. The molecule has 0 aromatic heterocycles. The van der Waals surface area contributed by atoms with Crippen LogP contribution in [0.3, 0.4) is 0 Å². The summed E-state index contributed by atoms with van der Waals surface area (Å²) in [7, 11) is 0. The zero-order valence-corrected chi connectivity index (χ0v) is 10.3. The Balaban J connectivity index is 1.62. The van der Waals surface area contributed by atoms with Crippen LogP contribution in [0.4, 0.5) is 0 Å². The summed E-state index contributed by atoms with van der Waals surface area (Å²) in [4.78, 5) is 11.8. The minimum Gasteiger partial charge on any atom is -0.354 e. The van der Waals surface area contributed by atoms with E-state index in [-0.39, 0.29) is 5.91 Å². The van der Waals surface area contributed by atoms with Gasteiger partial charge in [-0.3, -0.25) is 4.79 Å². The Bertz CT molecular complexity index is 232. The molecule has 0 bridgehead atoms. The molecule has 92 valence electrons. The molecule has 2 rings (SSSR count). The van der Waals surface area contributed by atoms with Crippen molar-refractivity contribution in [3.63, 3.8) is 0 Å². The van der Waals surface area contributed by atoms with Crippen LogP contribution < -0.4 is 10.6 Å². The second kappa shape index (κ2) is 5.67. The summed E-state index contributed by atoms with van der Waals surface area (Å²) in [6.07, 6.45) is 7.04. The Labute approximate surface area is 98.4 Å². The van der Waals surface area contributed by atoms with Crippen LogP contribution in [0.2, 0.25) is 0 Å². The maximum absolute atomic E-state index is 11.8. The van der Waals surface area contributed by atoms with E-state index in [0.717, 1.165) is 19.0 Å². The van der Waals surface area contributed by atoms with Crippen LogP contribution >= 0.6 is 0 Å². The third kappa shape index (κ3) is 4.12. The van der Waals surface area contributed by atoms with Gasteiger partial charge in [-0.25, -0.2) is 0 Å². The quantitative estimate of drug-likeness (QED) is 0.746. The molecule has 1 saturated carbocycles. The van der Waals surface area contributed by atoms with Gasteiger partial charge in [0.1, 0.15) is 0 Å². The van der Waals surface area contributed by atoms with Crippen molar-refractivity contribution in [2.45, 2.75) is 51.5 Å². The first-order valence-electron chi connectivity index (χ1n) is 6.74. The highest BCUT2D eigenvalue weighted by Crippen LogP contribution is 2.33. The van der Waals surface area contributed by atoms with Crippen LogP contribution in [0, 0.1) is 11.8 Å². The van der Waals surface area contributed by atoms with Crippen LogP contribution in [-0.2, 0) is 4.79 Å². The minimum atomic E-state index is 0.252. The molecule has 3 nitrogen and oxygen atoms in total. The lowest BCUT2D eigenvalue weighted by Gasteiger charge is -2.23. The number of nitrogens with one attached hydrogen (secondary N) is 2. The van der Waals surface area contributed by atoms with Crippen LogP contribution in [0.15, 0.2) is 0 Å². The van der Waals surface area contributed by atoms with Crippen molar-refractivity contribution in [1.29, 1.82) is 0 Å². The van der Waals surface area contributed by atoms with Crippen molar-refractivity contribution in [3.8, 4) is 0 Å². The molecule has 1 aliphatic carbocycles. The number of carbonyl (C=O) groups is 1. The largest absolute Gasteiger partial charge is 0.354 e. The average molecular weight is 224 g/mol. The lowest BCUT2D eigenvalue weighted by molar-refractivity contribution is -0.122. The van der Waals surface area contributed by atoms with Crippen molar-refractivity contribution in [1.82, 2.24) is 10.6 Å². The predicted octanol–water partition coefficient (Wildman–Crippen LogP) is 1.68. The minimum absolute atomic E-state index is 0.252. The van der Waals surface area contributed by atoms with Gasteiger partial charge in [-0.15, -0.1) is 0 Å². The molecule has 0 aromatic rings. The summed E-state index contributed by atoms with van der Waals surface area (Å²) >= 11 is 0. The van der Waals surface area contributed by atoms with Gasteiger partial charge in [0.25, 0.3) is 0 Å². The molecule has 2 atom stereocenters. The SMILES string of the molecule is CC(CC1CC1)NC(=O)CC1CCCNC1. The smallest absolute Gasteiger partial charge is 0.220 e. The first kappa shape index (κ1) is 11.9. The Morgan fingerprint density at radius 3 is 2.81 bits per heavy atom. The number of rotatable bonds is 5.